The van der Waals surface area contributed by atoms with Crippen LogP contribution in [-0.4, -0.2) is 60.1 Å². The Morgan fingerprint density at radius 1 is 1.30 bits per heavy atom. The number of allylic oxidation sites excluding steroid dienone is 1. The van der Waals surface area contributed by atoms with Crippen LogP contribution in [0.15, 0.2) is 29.4 Å². The SMILES string of the molecule is CN(C)CC(=O)C(CC1CCCC1)NC(=O)C1CC=C(CNc2cncc(Cl)c2)S1. The predicted octanol–water partition coefficient (Wildman–Crippen LogP) is 3.73. The summed E-state index contributed by atoms with van der Waals surface area (Å²) in [4.78, 5) is 32.7. The van der Waals surface area contributed by atoms with Gasteiger partial charge in [0.25, 0.3) is 0 Å². The number of aromatic nitrogens is 1. The fourth-order valence-electron chi connectivity index (χ4n) is 4.03. The lowest BCUT2D eigenvalue weighted by atomic mass is 9.95. The number of nitrogens with one attached hydrogen (secondary N) is 2. The average Bonchev–Trinajstić information content (AvgIpc) is 3.37. The summed E-state index contributed by atoms with van der Waals surface area (Å²) in [5.74, 6) is 0.610. The number of pyridine rings is 1. The Balaban J connectivity index is 1.50. The molecule has 1 saturated carbocycles. The summed E-state index contributed by atoms with van der Waals surface area (Å²) >= 11 is 7.53. The molecule has 2 atom stereocenters. The zero-order valence-corrected chi connectivity index (χ0v) is 19.3. The number of amides is 1. The standard InChI is InChI=1S/C22H31ClN4O2S/c1-27(2)14-20(28)19(9-15-5-3-4-6-15)26-22(29)21-8-7-18(30-21)13-25-17-10-16(23)11-24-12-17/h7,10-12,15,19,21,25H,3-6,8-9,13-14H2,1-2H3,(H,26,29). The minimum absolute atomic E-state index is 0.0363. The van der Waals surface area contributed by atoms with Crippen molar-refractivity contribution in [1.82, 2.24) is 15.2 Å². The van der Waals surface area contributed by atoms with E-state index in [4.69, 9.17) is 11.6 Å². The molecule has 1 aliphatic heterocycles. The van der Waals surface area contributed by atoms with E-state index in [1.807, 2.05) is 25.1 Å². The van der Waals surface area contributed by atoms with Gasteiger partial charge in [-0.05, 0) is 38.9 Å². The van der Waals surface area contributed by atoms with E-state index in [0.29, 0.717) is 30.5 Å². The number of thioether (sulfide) groups is 1. The largest absolute Gasteiger partial charge is 0.379 e. The monoisotopic (exact) mass is 450 g/mol. The first-order valence-electron chi connectivity index (χ1n) is 10.6. The molecule has 1 fully saturated rings. The maximum Gasteiger partial charge on any atom is 0.234 e. The van der Waals surface area contributed by atoms with Crippen molar-refractivity contribution in [3.05, 3.63) is 34.5 Å². The quantitative estimate of drug-likeness (QED) is 0.565. The van der Waals surface area contributed by atoms with E-state index in [0.717, 1.165) is 29.9 Å². The van der Waals surface area contributed by atoms with E-state index in [9.17, 15) is 9.59 Å². The predicted molar refractivity (Wildman–Crippen MR) is 124 cm³/mol. The number of carbonyl (C=O) groups excluding carboxylic acids is 2. The van der Waals surface area contributed by atoms with Crippen LogP contribution in [0.2, 0.25) is 5.02 Å². The van der Waals surface area contributed by atoms with Crippen molar-refractivity contribution in [2.24, 2.45) is 5.92 Å². The Morgan fingerprint density at radius 2 is 2.07 bits per heavy atom. The van der Waals surface area contributed by atoms with Crippen molar-refractivity contribution in [1.29, 1.82) is 0 Å². The van der Waals surface area contributed by atoms with E-state index >= 15 is 0 Å². The number of likely N-dealkylation sites (N-methyl/N-ethyl adjacent to an activating group) is 1. The van der Waals surface area contributed by atoms with Crippen LogP contribution < -0.4 is 10.6 Å². The van der Waals surface area contributed by atoms with Crippen LogP contribution in [0, 0.1) is 5.92 Å². The third kappa shape index (κ3) is 7.00. The van der Waals surface area contributed by atoms with Crippen molar-refractivity contribution in [2.75, 3.05) is 32.5 Å². The van der Waals surface area contributed by atoms with Gasteiger partial charge in [0.2, 0.25) is 5.91 Å². The van der Waals surface area contributed by atoms with Gasteiger partial charge in [-0.1, -0.05) is 43.4 Å². The lowest BCUT2D eigenvalue weighted by molar-refractivity contribution is -0.128. The van der Waals surface area contributed by atoms with Crippen LogP contribution in [-0.2, 0) is 9.59 Å². The molecule has 0 bridgehead atoms. The number of hydrogen-bond acceptors (Lipinski definition) is 6. The number of anilines is 1. The van der Waals surface area contributed by atoms with Crippen molar-refractivity contribution in [3.63, 3.8) is 0 Å². The fourth-order valence-corrected chi connectivity index (χ4v) is 5.28. The second kappa shape index (κ2) is 11.2. The molecule has 2 N–H and O–H groups in total. The highest BCUT2D eigenvalue weighted by Crippen LogP contribution is 2.33. The zero-order valence-electron chi connectivity index (χ0n) is 17.7. The van der Waals surface area contributed by atoms with Gasteiger partial charge in [-0.15, -0.1) is 11.8 Å². The van der Waals surface area contributed by atoms with Crippen molar-refractivity contribution in [2.45, 2.75) is 49.8 Å². The maximum atomic E-state index is 12.9. The normalized spacial score (nSPS) is 20.3. The van der Waals surface area contributed by atoms with E-state index in [1.54, 1.807) is 24.2 Å². The summed E-state index contributed by atoms with van der Waals surface area (Å²) in [7, 11) is 3.77. The van der Waals surface area contributed by atoms with Crippen LogP contribution in [0.3, 0.4) is 0 Å². The van der Waals surface area contributed by atoms with Crippen LogP contribution in [0.5, 0.6) is 0 Å². The van der Waals surface area contributed by atoms with E-state index in [1.165, 1.54) is 12.8 Å². The zero-order chi connectivity index (χ0) is 21.5. The van der Waals surface area contributed by atoms with E-state index in [2.05, 4.69) is 21.7 Å². The highest BCUT2D eigenvalue weighted by molar-refractivity contribution is 8.04. The number of Topliss-reactive ketones (excluding diaryl/α,β-unsaturated/α-hetero) is 1. The number of rotatable bonds is 10. The summed E-state index contributed by atoms with van der Waals surface area (Å²) in [6.45, 7) is 0.984. The first-order chi connectivity index (χ1) is 14.4. The van der Waals surface area contributed by atoms with Gasteiger partial charge in [-0.3, -0.25) is 14.6 Å². The van der Waals surface area contributed by atoms with Gasteiger partial charge >= 0.3 is 0 Å². The van der Waals surface area contributed by atoms with Crippen LogP contribution in [0.1, 0.15) is 38.5 Å². The molecule has 2 unspecified atom stereocenters. The Kier molecular flexibility index (Phi) is 8.60. The third-order valence-electron chi connectivity index (χ3n) is 5.54. The number of ketones is 1. The number of halogens is 1. The highest BCUT2D eigenvalue weighted by Gasteiger charge is 2.31. The molecule has 30 heavy (non-hydrogen) atoms. The average molecular weight is 451 g/mol. The summed E-state index contributed by atoms with van der Waals surface area (Å²) in [6.07, 6.45) is 11.6. The van der Waals surface area contributed by atoms with Crippen LogP contribution in [0.4, 0.5) is 5.69 Å². The lowest BCUT2D eigenvalue weighted by Crippen LogP contribution is -2.47. The van der Waals surface area contributed by atoms with Gasteiger partial charge < -0.3 is 15.5 Å². The molecule has 3 rings (SSSR count). The Labute approximate surface area is 188 Å². The highest BCUT2D eigenvalue weighted by atomic mass is 35.5. The molecule has 0 radical (unpaired) electrons. The molecular weight excluding hydrogens is 420 g/mol. The summed E-state index contributed by atoms with van der Waals surface area (Å²) < 4.78 is 0. The van der Waals surface area contributed by atoms with E-state index in [-0.39, 0.29) is 23.0 Å². The first-order valence-corrected chi connectivity index (χ1v) is 11.8. The molecule has 1 aliphatic carbocycles. The second-order valence-electron chi connectivity index (χ2n) is 8.41. The fraction of sp³-hybridized carbons (Fsp3) is 0.591. The third-order valence-corrected chi connectivity index (χ3v) is 7.05. The molecule has 1 aromatic heterocycles. The van der Waals surface area contributed by atoms with Gasteiger partial charge in [0.15, 0.2) is 5.78 Å². The minimum atomic E-state index is -0.386. The molecule has 0 spiro atoms. The molecule has 0 aromatic carbocycles. The molecule has 0 saturated heterocycles. The van der Waals surface area contributed by atoms with Gasteiger partial charge in [-0.2, -0.15) is 0 Å². The summed E-state index contributed by atoms with van der Waals surface area (Å²) in [5.41, 5.74) is 0.850. The van der Waals surface area contributed by atoms with Gasteiger partial charge in [0.1, 0.15) is 0 Å². The van der Waals surface area contributed by atoms with Crippen molar-refractivity contribution in [3.8, 4) is 0 Å². The topological polar surface area (TPSA) is 74.3 Å². The van der Waals surface area contributed by atoms with Crippen LogP contribution >= 0.6 is 23.4 Å². The maximum absolute atomic E-state index is 12.9. The van der Waals surface area contributed by atoms with Crippen molar-refractivity contribution >= 4 is 40.7 Å². The molecule has 2 aliphatic rings. The van der Waals surface area contributed by atoms with Gasteiger partial charge in [0.05, 0.1) is 34.7 Å². The van der Waals surface area contributed by atoms with Crippen LogP contribution in [0.25, 0.3) is 0 Å². The minimum Gasteiger partial charge on any atom is -0.379 e. The molecule has 1 aromatic rings. The number of nitrogens with zero attached hydrogens (tertiary/aromatic N) is 2. The Hall–Kier alpha value is -1.57. The Morgan fingerprint density at radius 3 is 2.77 bits per heavy atom. The molecule has 164 valence electrons. The smallest absolute Gasteiger partial charge is 0.234 e. The number of carbonyl (C=O) groups is 2. The molecule has 2 heterocycles. The Bertz CT molecular complexity index is 780. The molecular formula is C22H31ClN4O2S. The number of hydrogen-bond donors (Lipinski definition) is 2. The first kappa shape index (κ1) is 23.1. The molecule has 8 heteroatoms. The summed E-state index contributed by atoms with van der Waals surface area (Å²) in [5, 5.41) is 6.77. The van der Waals surface area contributed by atoms with Crippen molar-refractivity contribution < 1.29 is 9.59 Å². The van der Waals surface area contributed by atoms with Gasteiger partial charge in [-0.25, -0.2) is 0 Å². The second-order valence-corrected chi connectivity index (χ2v) is 10.2. The van der Waals surface area contributed by atoms with E-state index < -0.39 is 0 Å². The molecule has 6 nitrogen and oxygen atoms in total. The van der Waals surface area contributed by atoms with Gasteiger partial charge in [0, 0.05) is 17.6 Å². The summed E-state index contributed by atoms with van der Waals surface area (Å²) in [6, 6.07) is 1.44. The molecule has 1 amide bonds. The lowest BCUT2D eigenvalue weighted by Gasteiger charge is -2.24.